The summed E-state index contributed by atoms with van der Waals surface area (Å²) < 4.78 is 1.72. The molecular weight excluding hydrogens is 428 g/mol. The van der Waals surface area contributed by atoms with E-state index in [0.29, 0.717) is 17.0 Å². The highest BCUT2D eigenvalue weighted by atomic mass is 32.2. The fourth-order valence-corrected chi connectivity index (χ4v) is 6.46. The predicted molar refractivity (Wildman–Crippen MR) is 124 cm³/mol. The number of thiazole rings is 1. The largest absolute Gasteiger partial charge is 0.293 e. The molecule has 0 N–H and O–H groups in total. The van der Waals surface area contributed by atoms with Crippen LogP contribution in [0.3, 0.4) is 0 Å². The summed E-state index contributed by atoms with van der Waals surface area (Å²) in [7, 11) is 0. The Kier molecular flexibility index (Phi) is 5.40. The molecule has 158 valence electrons. The van der Waals surface area contributed by atoms with Gasteiger partial charge in [0, 0.05) is 5.56 Å². The number of ketones is 1. The van der Waals surface area contributed by atoms with E-state index in [9.17, 15) is 14.4 Å². The van der Waals surface area contributed by atoms with E-state index in [2.05, 4.69) is 4.98 Å². The second-order valence-electron chi connectivity index (χ2n) is 8.22. The highest BCUT2D eigenvalue weighted by Gasteiger charge is 2.48. The van der Waals surface area contributed by atoms with Crippen LogP contribution in [0, 0.1) is 18.8 Å². The molecule has 31 heavy (non-hydrogen) atoms. The lowest BCUT2D eigenvalue weighted by molar-refractivity contribution is -0.122. The SMILES string of the molecule is Cc1ccc(C(=O)CSc2nc3ccc(N4C(=O)[C@H]5CCCC[C@H]5C4=O)cc3s2)cc1. The molecule has 3 aromatic rings. The smallest absolute Gasteiger partial charge is 0.237 e. The van der Waals surface area contributed by atoms with Gasteiger partial charge in [0.05, 0.1) is 33.5 Å². The monoisotopic (exact) mass is 450 g/mol. The number of hydrogen-bond acceptors (Lipinski definition) is 6. The average Bonchev–Trinajstić information content (AvgIpc) is 3.30. The third kappa shape index (κ3) is 3.81. The molecule has 1 aliphatic carbocycles. The lowest BCUT2D eigenvalue weighted by atomic mass is 9.81. The molecule has 5 nitrogen and oxygen atoms in total. The molecule has 1 aromatic heterocycles. The van der Waals surface area contributed by atoms with Gasteiger partial charge in [-0.25, -0.2) is 4.98 Å². The van der Waals surface area contributed by atoms with Crippen molar-refractivity contribution in [2.24, 2.45) is 11.8 Å². The number of rotatable bonds is 5. The first kappa shape index (κ1) is 20.4. The second-order valence-corrected chi connectivity index (χ2v) is 10.5. The van der Waals surface area contributed by atoms with Gasteiger partial charge in [-0.1, -0.05) is 54.4 Å². The summed E-state index contributed by atoms with van der Waals surface area (Å²) in [6, 6.07) is 13.1. The number of benzene rings is 2. The van der Waals surface area contributed by atoms with Gasteiger partial charge in [-0.05, 0) is 38.0 Å². The van der Waals surface area contributed by atoms with Gasteiger partial charge in [-0.2, -0.15) is 0 Å². The third-order valence-electron chi connectivity index (χ3n) is 6.15. The minimum absolute atomic E-state index is 0.0585. The molecule has 2 aliphatic rings. The molecule has 2 amide bonds. The van der Waals surface area contributed by atoms with Crippen molar-refractivity contribution in [1.29, 1.82) is 0 Å². The summed E-state index contributed by atoms with van der Waals surface area (Å²) in [5, 5.41) is 0. The van der Waals surface area contributed by atoms with Crippen LogP contribution >= 0.6 is 23.1 Å². The van der Waals surface area contributed by atoms with Crippen molar-refractivity contribution in [3.8, 4) is 0 Å². The fraction of sp³-hybridized carbons (Fsp3) is 0.333. The van der Waals surface area contributed by atoms with Crippen LogP contribution in [0.25, 0.3) is 10.2 Å². The lowest BCUT2D eigenvalue weighted by Gasteiger charge is -2.19. The molecule has 0 spiro atoms. The molecule has 2 fully saturated rings. The van der Waals surface area contributed by atoms with Crippen molar-refractivity contribution < 1.29 is 14.4 Å². The Morgan fingerprint density at radius 3 is 2.42 bits per heavy atom. The van der Waals surface area contributed by atoms with Crippen LogP contribution in [-0.2, 0) is 9.59 Å². The number of aromatic nitrogens is 1. The summed E-state index contributed by atoms with van der Waals surface area (Å²) in [4.78, 5) is 44.2. The molecule has 1 aliphatic heterocycles. The van der Waals surface area contributed by atoms with Gasteiger partial charge in [-0.15, -0.1) is 11.3 Å². The summed E-state index contributed by atoms with van der Waals surface area (Å²) >= 11 is 2.91. The molecule has 1 saturated heterocycles. The van der Waals surface area contributed by atoms with E-state index in [-0.39, 0.29) is 29.4 Å². The number of aryl methyl sites for hydroxylation is 1. The first-order chi connectivity index (χ1) is 15.0. The van der Waals surface area contributed by atoms with Crippen LogP contribution in [-0.4, -0.2) is 28.3 Å². The van der Waals surface area contributed by atoms with Gasteiger partial charge in [0.2, 0.25) is 11.8 Å². The second kappa shape index (κ2) is 8.20. The molecule has 2 atom stereocenters. The number of imide groups is 1. The van der Waals surface area contributed by atoms with E-state index in [0.717, 1.165) is 45.8 Å². The van der Waals surface area contributed by atoms with Gasteiger partial charge in [0.1, 0.15) is 0 Å². The first-order valence-corrected chi connectivity index (χ1v) is 12.3. The number of fused-ring (bicyclic) bond motifs is 2. The molecule has 2 aromatic carbocycles. The Balaban J connectivity index is 1.33. The van der Waals surface area contributed by atoms with E-state index in [1.165, 1.54) is 28.0 Å². The highest BCUT2D eigenvalue weighted by molar-refractivity contribution is 8.01. The van der Waals surface area contributed by atoms with Gasteiger partial charge >= 0.3 is 0 Å². The molecule has 5 rings (SSSR count). The zero-order chi connectivity index (χ0) is 21.5. The van der Waals surface area contributed by atoms with Crippen molar-refractivity contribution in [1.82, 2.24) is 4.98 Å². The molecule has 7 heteroatoms. The number of hydrogen-bond donors (Lipinski definition) is 0. The first-order valence-electron chi connectivity index (χ1n) is 10.5. The zero-order valence-corrected chi connectivity index (χ0v) is 18.8. The number of carbonyl (C=O) groups excluding carboxylic acids is 3. The van der Waals surface area contributed by atoms with Gasteiger partial charge in [0.25, 0.3) is 0 Å². The number of Topliss-reactive ketones (excluding diaryl/α,β-unsaturated/α-hetero) is 1. The number of thioether (sulfide) groups is 1. The molecule has 2 heterocycles. The van der Waals surface area contributed by atoms with Crippen LogP contribution in [0.4, 0.5) is 5.69 Å². The minimum Gasteiger partial charge on any atom is -0.293 e. The predicted octanol–water partition coefficient (Wildman–Crippen LogP) is 5.26. The van der Waals surface area contributed by atoms with Gasteiger partial charge in [0.15, 0.2) is 10.1 Å². The average molecular weight is 451 g/mol. The summed E-state index contributed by atoms with van der Waals surface area (Å²) in [6.07, 6.45) is 3.66. The van der Waals surface area contributed by atoms with Crippen LogP contribution in [0.5, 0.6) is 0 Å². The third-order valence-corrected chi connectivity index (χ3v) is 8.31. The van der Waals surface area contributed by atoms with E-state index in [1.54, 1.807) is 6.07 Å². The van der Waals surface area contributed by atoms with Crippen LogP contribution in [0.1, 0.15) is 41.6 Å². The quantitative estimate of drug-likeness (QED) is 0.301. The van der Waals surface area contributed by atoms with E-state index >= 15 is 0 Å². The van der Waals surface area contributed by atoms with Crippen molar-refractivity contribution in [2.45, 2.75) is 36.9 Å². The molecule has 0 radical (unpaired) electrons. The molecule has 0 unspecified atom stereocenters. The Hall–Kier alpha value is -2.51. The zero-order valence-electron chi connectivity index (χ0n) is 17.2. The Labute approximate surface area is 188 Å². The maximum atomic E-state index is 12.9. The standard InChI is InChI=1S/C24H22N2O3S2/c1-14-6-8-15(9-7-14)20(27)13-30-24-25-19-11-10-16(12-21(19)31-24)26-22(28)17-4-2-3-5-18(17)23(26)29/h6-12,17-18H,2-5,13H2,1H3/t17-,18+. The van der Waals surface area contributed by atoms with Crippen LogP contribution < -0.4 is 4.90 Å². The summed E-state index contributed by atoms with van der Waals surface area (Å²) in [6.45, 7) is 2.00. The van der Waals surface area contributed by atoms with E-state index in [1.807, 2.05) is 43.3 Å². The van der Waals surface area contributed by atoms with E-state index < -0.39 is 0 Å². The van der Waals surface area contributed by atoms with E-state index in [4.69, 9.17) is 0 Å². The highest BCUT2D eigenvalue weighted by Crippen LogP contribution is 2.41. The summed E-state index contributed by atoms with van der Waals surface area (Å²) in [5.41, 5.74) is 3.28. The van der Waals surface area contributed by atoms with Crippen LogP contribution in [0.2, 0.25) is 0 Å². The van der Waals surface area contributed by atoms with Gasteiger partial charge in [-0.3, -0.25) is 19.3 Å². The molecular formula is C24H22N2O3S2. The summed E-state index contributed by atoms with van der Waals surface area (Å²) in [5.74, 6) is -0.0356. The number of carbonyl (C=O) groups is 3. The molecule has 0 bridgehead atoms. The fourth-order valence-electron chi connectivity index (χ4n) is 4.46. The number of amides is 2. The Morgan fingerprint density at radius 1 is 1.06 bits per heavy atom. The maximum absolute atomic E-state index is 12.9. The van der Waals surface area contributed by atoms with Crippen molar-refractivity contribution in [2.75, 3.05) is 10.7 Å². The Morgan fingerprint density at radius 2 is 1.74 bits per heavy atom. The topological polar surface area (TPSA) is 67.3 Å². The van der Waals surface area contributed by atoms with Crippen molar-refractivity contribution >= 4 is 56.6 Å². The van der Waals surface area contributed by atoms with Crippen LogP contribution in [0.15, 0.2) is 46.8 Å². The molecule has 1 saturated carbocycles. The Bertz CT molecular complexity index is 1160. The minimum atomic E-state index is -0.155. The maximum Gasteiger partial charge on any atom is 0.237 e. The van der Waals surface area contributed by atoms with Gasteiger partial charge < -0.3 is 0 Å². The lowest BCUT2D eigenvalue weighted by Crippen LogP contribution is -2.30. The van der Waals surface area contributed by atoms with Crippen molar-refractivity contribution in [3.63, 3.8) is 0 Å². The number of nitrogens with zero attached hydrogens (tertiary/aromatic N) is 2. The van der Waals surface area contributed by atoms with Crippen molar-refractivity contribution in [3.05, 3.63) is 53.6 Å². The number of anilines is 1. The normalized spacial score (nSPS) is 21.0.